The van der Waals surface area contributed by atoms with Crippen molar-refractivity contribution in [3.8, 4) is 0 Å². The van der Waals surface area contributed by atoms with E-state index in [1.54, 1.807) is 28.8 Å². The molecule has 0 spiro atoms. The van der Waals surface area contributed by atoms with E-state index in [1.165, 1.54) is 12.1 Å². The maximum atomic E-state index is 12.9. The summed E-state index contributed by atoms with van der Waals surface area (Å²) in [5, 5.41) is 10.4. The van der Waals surface area contributed by atoms with Gasteiger partial charge in [-0.3, -0.25) is 4.79 Å². The summed E-state index contributed by atoms with van der Waals surface area (Å²) >= 11 is 1.63. The lowest BCUT2D eigenvalue weighted by Gasteiger charge is -2.38. The third-order valence-corrected chi connectivity index (χ3v) is 5.33. The van der Waals surface area contributed by atoms with E-state index in [0.717, 1.165) is 11.4 Å². The highest BCUT2D eigenvalue weighted by atomic mass is 32.2. The lowest BCUT2D eigenvalue weighted by molar-refractivity contribution is -0.149. The van der Waals surface area contributed by atoms with Crippen molar-refractivity contribution in [1.82, 2.24) is 4.90 Å². The van der Waals surface area contributed by atoms with Crippen molar-refractivity contribution in [3.05, 3.63) is 30.1 Å². The van der Waals surface area contributed by atoms with Gasteiger partial charge in [0.1, 0.15) is 5.82 Å². The first-order valence-electron chi connectivity index (χ1n) is 7.18. The number of carbonyl (C=O) groups is 1. The van der Waals surface area contributed by atoms with Crippen molar-refractivity contribution in [2.75, 3.05) is 42.6 Å². The Morgan fingerprint density at radius 3 is 2.43 bits per heavy atom. The van der Waals surface area contributed by atoms with Crippen LogP contribution in [0.4, 0.5) is 10.1 Å². The first-order chi connectivity index (χ1) is 10.1. The second kappa shape index (κ2) is 5.85. The molecule has 1 atom stereocenters. The molecule has 4 nitrogen and oxygen atoms in total. The zero-order valence-electron chi connectivity index (χ0n) is 11.8. The highest BCUT2D eigenvalue weighted by Gasteiger charge is 2.42. The second-order valence-corrected chi connectivity index (χ2v) is 6.70. The van der Waals surface area contributed by atoms with Crippen molar-refractivity contribution >= 4 is 23.4 Å². The molecule has 1 N–H and O–H groups in total. The Balaban J connectivity index is 1.60. The molecule has 2 heterocycles. The molecule has 1 aromatic carbocycles. The van der Waals surface area contributed by atoms with Gasteiger partial charge < -0.3 is 14.9 Å². The van der Waals surface area contributed by atoms with Gasteiger partial charge in [0.05, 0.1) is 0 Å². The van der Waals surface area contributed by atoms with Crippen LogP contribution in [0, 0.1) is 5.82 Å². The normalized spacial score (nSPS) is 26.2. The van der Waals surface area contributed by atoms with Crippen molar-refractivity contribution in [2.24, 2.45) is 0 Å². The maximum Gasteiger partial charge on any atom is 0.255 e. The van der Waals surface area contributed by atoms with E-state index in [1.807, 2.05) is 0 Å². The van der Waals surface area contributed by atoms with Crippen LogP contribution in [0.15, 0.2) is 24.3 Å². The van der Waals surface area contributed by atoms with Gasteiger partial charge in [0.2, 0.25) is 0 Å². The molecule has 0 bridgehead atoms. The number of thioether (sulfide) groups is 1. The molecular formula is C15H19FN2O2S. The lowest BCUT2D eigenvalue weighted by atomic mass is 10.0. The molecule has 2 aliphatic rings. The number of anilines is 1. The minimum Gasteiger partial charge on any atom is -0.379 e. The van der Waals surface area contributed by atoms with Crippen LogP contribution in [-0.4, -0.2) is 59.2 Å². The monoisotopic (exact) mass is 310 g/mol. The SMILES string of the molecule is O=C(N1CCN(c2ccc(F)cc2)CC1)C1(O)CCSC1. The van der Waals surface area contributed by atoms with Crippen molar-refractivity contribution in [1.29, 1.82) is 0 Å². The third kappa shape index (κ3) is 3.01. The Morgan fingerprint density at radius 1 is 1.19 bits per heavy atom. The molecule has 2 aliphatic heterocycles. The number of aliphatic hydroxyl groups is 1. The van der Waals surface area contributed by atoms with E-state index in [2.05, 4.69) is 4.90 Å². The first kappa shape index (κ1) is 14.7. The minimum absolute atomic E-state index is 0.133. The van der Waals surface area contributed by atoms with Crippen LogP contribution < -0.4 is 4.90 Å². The number of nitrogens with zero attached hydrogens (tertiary/aromatic N) is 2. The van der Waals surface area contributed by atoms with E-state index in [9.17, 15) is 14.3 Å². The number of piperazine rings is 1. The van der Waals surface area contributed by atoms with Crippen molar-refractivity contribution in [2.45, 2.75) is 12.0 Å². The van der Waals surface area contributed by atoms with Crippen LogP contribution in [0.1, 0.15) is 6.42 Å². The summed E-state index contributed by atoms with van der Waals surface area (Å²) in [6.07, 6.45) is 0.550. The maximum absolute atomic E-state index is 12.9. The Hall–Kier alpha value is -1.27. The fraction of sp³-hybridized carbons (Fsp3) is 0.533. The van der Waals surface area contributed by atoms with Gasteiger partial charge in [-0.25, -0.2) is 4.39 Å². The Kier molecular flexibility index (Phi) is 4.08. The highest BCUT2D eigenvalue weighted by Crippen LogP contribution is 2.30. The van der Waals surface area contributed by atoms with Gasteiger partial charge in [0.15, 0.2) is 5.60 Å². The molecule has 2 saturated heterocycles. The first-order valence-corrected chi connectivity index (χ1v) is 8.34. The predicted octanol–water partition coefficient (Wildman–Crippen LogP) is 1.34. The van der Waals surface area contributed by atoms with Crippen molar-refractivity contribution < 1.29 is 14.3 Å². The van der Waals surface area contributed by atoms with Gasteiger partial charge in [0.25, 0.3) is 5.91 Å². The number of hydrogen-bond donors (Lipinski definition) is 1. The number of carbonyl (C=O) groups excluding carboxylic acids is 1. The summed E-state index contributed by atoms with van der Waals surface area (Å²) in [6, 6.07) is 6.42. The number of hydrogen-bond acceptors (Lipinski definition) is 4. The molecule has 6 heteroatoms. The molecule has 0 saturated carbocycles. The van der Waals surface area contributed by atoms with Crippen LogP contribution in [0.5, 0.6) is 0 Å². The van der Waals surface area contributed by atoms with E-state index >= 15 is 0 Å². The highest BCUT2D eigenvalue weighted by molar-refractivity contribution is 7.99. The van der Waals surface area contributed by atoms with Gasteiger partial charge >= 0.3 is 0 Å². The topological polar surface area (TPSA) is 43.8 Å². The Morgan fingerprint density at radius 2 is 1.86 bits per heavy atom. The fourth-order valence-corrected chi connectivity index (χ4v) is 4.07. The third-order valence-electron chi connectivity index (χ3n) is 4.16. The van der Waals surface area contributed by atoms with Gasteiger partial charge in [-0.15, -0.1) is 0 Å². The summed E-state index contributed by atoms with van der Waals surface area (Å²) < 4.78 is 12.9. The quantitative estimate of drug-likeness (QED) is 0.895. The molecule has 1 unspecified atom stereocenters. The summed E-state index contributed by atoms with van der Waals surface area (Å²) in [4.78, 5) is 16.3. The van der Waals surface area contributed by atoms with E-state index in [4.69, 9.17) is 0 Å². The molecule has 3 rings (SSSR count). The fourth-order valence-electron chi connectivity index (χ4n) is 2.84. The Bertz CT molecular complexity index is 509. The molecule has 1 amide bonds. The average Bonchev–Trinajstić information content (AvgIpc) is 2.96. The average molecular weight is 310 g/mol. The molecule has 0 aromatic heterocycles. The molecule has 2 fully saturated rings. The summed E-state index contributed by atoms with van der Waals surface area (Å²) in [6.45, 7) is 2.62. The molecule has 114 valence electrons. The van der Waals surface area contributed by atoms with Gasteiger partial charge in [-0.1, -0.05) is 0 Å². The number of rotatable bonds is 2. The summed E-state index contributed by atoms with van der Waals surface area (Å²) in [5.74, 6) is 0.974. The second-order valence-electron chi connectivity index (χ2n) is 5.59. The van der Waals surface area contributed by atoms with E-state index in [0.29, 0.717) is 38.4 Å². The van der Waals surface area contributed by atoms with Crippen LogP contribution >= 0.6 is 11.8 Å². The lowest BCUT2D eigenvalue weighted by Crippen LogP contribution is -2.56. The smallest absolute Gasteiger partial charge is 0.255 e. The van der Waals surface area contributed by atoms with Gasteiger partial charge in [-0.2, -0.15) is 11.8 Å². The van der Waals surface area contributed by atoms with Gasteiger partial charge in [-0.05, 0) is 36.4 Å². The molecule has 21 heavy (non-hydrogen) atoms. The Labute approximate surface area is 127 Å². The number of benzene rings is 1. The zero-order chi connectivity index (χ0) is 14.9. The van der Waals surface area contributed by atoms with Gasteiger partial charge in [0, 0.05) is 37.6 Å². The van der Waals surface area contributed by atoms with Crippen LogP contribution in [0.25, 0.3) is 0 Å². The molecule has 0 aliphatic carbocycles. The molecule has 1 aromatic rings. The predicted molar refractivity (Wildman–Crippen MR) is 82.1 cm³/mol. The van der Waals surface area contributed by atoms with Crippen LogP contribution in [0.2, 0.25) is 0 Å². The molecule has 0 radical (unpaired) electrons. The van der Waals surface area contributed by atoms with Crippen LogP contribution in [-0.2, 0) is 4.79 Å². The number of halogens is 1. The van der Waals surface area contributed by atoms with Crippen molar-refractivity contribution in [3.63, 3.8) is 0 Å². The largest absolute Gasteiger partial charge is 0.379 e. The minimum atomic E-state index is -1.16. The number of amides is 1. The zero-order valence-corrected chi connectivity index (χ0v) is 12.6. The molecular weight excluding hydrogens is 291 g/mol. The van der Waals surface area contributed by atoms with E-state index < -0.39 is 5.60 Å². The van der Waals surface area contributed by atoms with Crippen LogP contribution in [0.3, 0.4) is 0 Å². The summed E-state index contributed by atoms with van der Waals surface area (Å²) in [5.41, 5.74) is -0.193. The van der Waals surface area contributed by atoms with E-state index in [-0.39, 0.29) is 11.7 Å². The summed E-state index contributed by atoms with van der Waals surface area (Å²) in [7, 11) is 0. The standard InChI is InChI=1S/C15H19FN2O2S/c16-12-1-3-13(4-2-12)17-6-8-18(9-7-17)14(19)15(20)5-10-21-11-15/h1-4,20H,5-11H2.